The summed E-state index contributed by atoms with van der Waals surface area (Å²) in [5, 5.41) is 26.3. The van der Waals surface area contributed by atoms with Crippen molar-refractivity contribution in [2.24, 2.45) is 10.7 Å². The van der Waals surface area contributed by atoms with Gasteiger partial charge in [0.05, 0.1) is 42.6 Å². The minimum atomic E-state index is 0.0153. The van der Waals surface area contributed by atoms with E-state index in [1.807, 2.05) is 36.9 Å². The lowest BCUT2D eigenvalue weighted by molar-refractivity contribution is 0.250. The lowest BCUT2D eigenvalue weighted by Crippen LogP contribution is -2.29. The highest BCUT2D eigenvalue weighted by Crippen LogP contribution is 2.26. The van der Waals surface area contributed by atoms with Gasteiger partial charge >= 0.3 is 0 Å². The van der Waals surface area contributed by atoms with Gasteiger partial charge in [-0.2, -0.15) is 0 Å². The topological polar surface area (TPSA) is 115 Å². The summed E-state index contributed by atoms with van der Waals surface area (Å²) in [5.74, 6) is 0.451. The van der Waals surface area contributed by atoms with E-state index in [0.717, 1.165) is 16.9 Å². The molecule has 0 fully saturated rings. The molecule has 26 heavy (non-hydrogen) atoms. The zero-order chi connectivity index (χ0) is 19.1. The third-order valence-electron chi connectivity index (χ3n) is 3.95. The molecule has 0 spiro atoms. The predicted molar refractivity (Wildman–Crippen MR) is 104 cm³/mol. The Morgan fingerprint density at radius 1 is 1.19 bits per heavy atom. The van der Waals surface area contributed by atoms with Crippen molar-refractivity contribution in [1.82, 2.24) is 0 Å². The van der Waals surface area contributed by atoms with Crippen molar-refractivity contribution in [2.45, 2.75) is 13.8 Å². The number of ether oxygens (including phenoxy) is 1. The molecule has 0 saturated heterocycles. The maximum absolute atomic E-state index is 9.18. The number of anilines is 1. The molecule has 7 heteroatoms. The lowest BCUT2D eigenvalue weighted by Gasteiger charge is -2.23. The van der Waals surface area contributed by atoms with Crippen LogP contribution in [0.15, 0.2) is 46.8 Å². The quantitative estimate of drug-likeness (QED) is 0.528. The summed E-state index contributed by atoms with van der Waals surface area (Å²) in [6.07, 6.45) is 3.22. The molecule has 0 aliphatic heterocycles. The largest absolute Gasteiger partial charge is 0.492 e. The number of nitrogens with two attached hydrogens (primary N) is 1. The Morgan fingerprint density at radius 2 is 1.88 bits per heavy atom. The van der Waals surface area contributed by atoms with Gasteiger partial charge in [0, 0.05) is 24.9 Å². The number of aliphatic hydroxyl groups is 2. The normalized spacial score (nSPS) is 15.7. The number of aliphatic imine (C=N–C) groups is 1. The fourth-order valence-electron chi connectivity index (χ4n) is 2.66. The van der Waals surface area contributed by atoms with Gasteiger partial charge in [0.15, 0.2) is 0 Å². The van der Waals surface area contributed by atoms with Crippen LogP contribution in [0.1, 0.15) is 12.5 Å². The van der Waals surface area contributed by atoms with Crippen LogP contribution in [0, 0.1) is 12.3 Å². The predicted octanol–water partition coefficient (Wildman–Crippen LogP) is 1.65. The third kappa shape index (κ3) is 4.71. The van der Waals surface area contributed by atoms with Crippen molar-refractivity contribution in [2.75, 3.05) is 37.8 Å². The minimum Gasteiger partial charge on any atom is -0.492 e. The molecule has 0 radical (unpaired) electrons. The summed E-state index contributed by atoms with van der Waals surface area (Å²) in [5.41, 5.74) is 9.83. The van der Waals surface area contributed by atoms with Crippen LogP contribution in [0.4, 0.5) is 11.4 Å². The van der Waals surface area contributed by atoms with Gasteiger partial charge in [-0.15, -0.1) is 0 Å². The average Bonchev–Trinajstić information content (AvgIpc) is 2.60. The van der Waals surface area contributed by atoms with Crippen molar-refractivity contribution >= 4 is 22.8 Å². The number of rotatable bonds is 8. The van der Waals surface area contributed by atoms with Crippen LogP contribution in [0.3, 0.4) is 0 Å². The van der Waals surface area contributed by atoms with Crippen molar-refractivity contribution < 1.29 is 14.9 Å². The number of benzene rings is 1. The lowest BCUT2D eigenvalue weighted by atomic mass is 10.1. The van der Waals surface area contributed by atoms with Crippen LogP contribution in [0.5, 0.6) is 0 Å². The van der Waals surface area contributed by atoms with Gasteiger partial charge in [0.1, 0.15) is 5.76 Å². The van der Waals surface area contributed by atoms with Gasteiger partial charge in [0.2, 0.25) is 0 Å². The van der Waals surface area contributed by atoms with Crippen LogP contribution in [0.2, 0.25) is 0 Å². The summed E-state index contributed by atoms with van der Waals surface area (Å²) in [4.78, 5) is 6.52. The molecule has 5 N–H and O–H groups in total. The Kier molecular flexibility index (Phi) is 6.94. The van der Waals surface area contributed by atoms with E-state index in [0.29, 0.717) is 36.9 Å². The number of nitrogens with zero attached hydrogens (tertiary/aromatic N) is 2. The average molecular weight is 358 g/mol. The molecule has 0 atom stereocenters. The van der Waals surface area contributed by atoms with E-state index in [-0.39, 0.29) is 18.9 Å². The highest BCUT2D eigenvalue weighted by Gasteiger charge is 2.16. The number of aliphatic hydroxyl groups excluding tert-OH is 2. The van der Waals surface area contributed by atoms with E-state index in [1.54, 1.807) is 6.08 Å². The van der Waals surface area contributed by atoms with E-state index >= 15 is 0 Å². The fraction of sp³-hybridized carbons (Fsp3) is 0.368. The van der Waals surface area contributed by atoms with Gasteiger partial charge in [-0.1, -0.05) is 0 Å². The van der Waals surface area contributed by atoms with E-state index in [9.17, 15) is 10.2 Å². The summed E-state index contributed by atoms with van der Waals surface area (Å²) in [6, 6.07) is 5.74. The highest BCUT2D eigenvalue weighted by molar-refractivity contribution is 6.22. The Labute approximate surface area is 153 Å². The summed E-state index contributed by atoms with van der Waals surface area (Å²) in [7, 11) is 0. The smallest absolute Gasteiger partial charge is 0.146 e. The molecule has 0 amide bonds. The first kappa shape index (κ1) is 19.7. The zero-order valence-corrected chi connectivity index (χ0v) is 15.2. The first-order chi connectivity index (χ1) is 12.5. The van der Waals surface area contributed by atoms with E-state index in [4.69, 9.17) is 15.9 Å². The Hall–Kier alpha value is -2.64. The van der Waals surface area contributed by atoms with Gasteiger partial charge in [-0.05, 0) is 43.7 Å². The molecule has 0 aromatic heterocycles. The Bertz CT molecular complexity index is 747. The van der Waals surface area contributed by atoms with E-state index in [1.165, 1.54) is 6.08 Å². The van der Waals surface area contributed by atoms with E-state index < -0.39 is 0 Å². The molecule has 1 aromatic rings. The molecular formula is C19H26N4O3. The third-order valence-corrected chi connectivity index (χ3v) is 3.95. The standard InChI is InChI=1S/C19H26N4O3/c1-3-26-19-12-18(15(20)11-16(19)21)22-17-5-4-14(10-13(17)2)23(6-8-24)7-9-25/h4-5,10-12,21,24-25H,3,6-9,20H2,1-2H3/b21-16?,22-18-. The van der Waals surface area contributed by atoms with Crippen LogP contribution >= 0.6 is 0 Å². The molecule has 7 nitrogen and oxygen atoms in total. The summed E-state index contributed by atoms with van der Waals surface area (Å²) in [6.45, 7) is 5.20. The molecule has 2 rings (SSSR count). The van der Waals surface area contributed by atoms with Gasteiger partial charge in [-0.3, -0.25) is 5.41 Å². The fourth-order valence-corrected chi connectivity index (χ4v) is 2.66. The van der Waals surface area contributed by atoms with Crippen LogP contribution in [-0.2, 0) is 4.74 Å². The molecule has 0 saturated carbocycles. The molecular weight excluding hydrogens is 332 g/mol. The number of allylic oxidation sites excluding steroid dienone is 2. The molecule has 0 bridgehead atoms. The summed E-state index contributed by atoms with van der Waals surface area (Å²) >= 11 is 0. The second-order valence-electron chi connectivity index (χ2n) is 5.86. The van der Waals surface area contributed by atoms with Crippen molar-refractivity contribution in [1.29, 1.82) is 5.41 Å². The maximum atomic E-state index is 9.18. The van der Waals surface area contributed by atoms with Crippen LogP contribution in [0.25, 0.3) is 0 Å². The molecule has 0 unspecified atom stereocenters. The molecule has 140 valence electrons. The number of aryl methyl sites for hydroxylation is 1. The van der Waals surface area contributed by atoms with Gasteiger partial charge < -0.3 is 25.6 Å². The van der Waals surface area contributed by atoms with Crippen LogP contribution < -0.4 is 10.6 Å². The number of hydrogen-bond donors (Lipinski definition) is 4. The van der Waals surface area contributed by atoms with Crippen molar-refractivity contribution in [3.8, 4) is 0 Å². The van der Waals surface area contributed by atoms with Crippen molar-refractivity contribution in [3.63, 3.8) is 0 Å². The maximum Gasteiger partial charge on any atom is 0.146 e. The minimum absolute atomic E-state index is 0.0153. The van der Waals surface area contributed by atoms with E-state index in [2.05, 4.69) is 4.99 Å². The second-order valence-corrected chi connectivity index (χ2v) is 5.86. The monoisotopic (exact) mass is 358 g/mol. The summed E-state index contributed by atoms with van der Waals surface area (Å²) < 4.78 is 5.45. The first-order valence-corrected chi connectivity index (χ1v) is 8.57. The number of hydrogen-bond acceptors (Lipinski definition) is 7. The second kappa shape index (κ2) is 9.17. The highest BCUT2D eigenvalue weighted by atomic mass is 16.5. The molecule has 1 aromatic carbocycles. The Morgan fingerprint density at radius 3 is 2.46 bits per heavy atom. The first-order valence-electron chi connectivity index (χ1n) is 8.57. The molecule has 1 aliphatic carbocycles. The molecule has 1 aliphatic rings. The van der Waals surface area contributed by atoms with Gasteiger partial charge in [0.25, 0.3) is 0 Å². The SMILES string of the molecule is CCOC1=C/C(=N/c2ccc(N(CCO)CCO)cc2C)C(N)=CC1=N. The Balaban J connectivity index is 2.33. The number of nitrogens with one attached hydrogen (secondary N) is 1. The van der Waals surface area contributed by atoms with Crippen molar-refractivity contribution in [3.05, 3.63) is 47.4 Å². The zero-order valence-electron chi connectivity index (χ0n) is 15.2. The molecule has 0 heterocycles. The van der Waals surface area contributed by atoms with Gasteiger partial charge in [-0.25, -0.2) is 4.99 Å². The van der Waals surface area contributed by atoms with Crippen LogP contribution in [-0.4, -0.2) is 54.5 Å².